The number of fused-ring (bicyclic) bond motifs is 5. The summed E-state index contributed by atoms with van der Waals surface area (Å²) in [6.07, 6.45) is 4.73. The van der Waals surface area contributed by atoms with E-state index in [4.69, 9.17) is 4.74 Å². The van der Waals surface area contributed by atoms with E-state index in [2.05, 4.69) is 6.92 Å². The van der Waals surface area contributed by atoms with Crippen LogP contribution in [-0.4, -0.2) is 21.7 Å². The first-order valence-corrected chi connectivity index (χ1v) is 9.78. The molecular formula is C23H23NO3. The summed E-state index contributed by atoms with van der Waals surface area (Å²) in [6.45, 7) is 2.07. The fraction of sp³-hybridized carbons (Fsp3) is 0.348. The van der Waals surface area contributed by atoms with E-state index in [0.29, 0.717) is 5.56 Å². The Kier molecular flexibility index (Phi) is 3.83. The summed E-state index contributed by atoms with van der Waals surface area (Å²) in [7, 11) is 0. The number of aromatic nitrogens is 1. The van der Waals surface area contributed by atoms with Crippen LogP contribution in [0.5, 0.6) is 0 Å². The van der Waals surface area contributed by atoms with Gasteiger partial charge in [0.25, 0.3) is 0 Å². The van der Waals surface area contributed by atoms with Crippen LogP contribution in [0.4, 0.5) is 0 Å². The van der Waals surface area contributed by atoms with Crippen LogP contribution in [0, 0.1) is 6.92 Å². The summed E-state index contributed by atoms with van der Waals surface area (Å²) >= 11 is 0. The molecule has 0 bridgehead atoms. The zero-order chi connectivity index (χ0) is 18.5. The van der Waals surface area contributed by atoms with Crippen molar-refractivity contribution in [3.05, 3.63) is 59.2 Å². The van der Waals surface area contributed by atoms with Crippen molar-refractivity contribution in [1.29, 1.82) is 0 Å². The van der Waals surface area contributed by atoms with E-state index in [1.165, 1.54) is 6.42 Å². The number of nitrogens with zero attached hydrogens (tertiary/aromatic N) is 1. The largest absolute Gasteiger partial charge is 0.459 e. The van der Waals surface area contributed by atoms with Gasteiger partial charge in [0.2, 0.25) is 0 Å². The van der Waals surface area contributed by atoms with Crippen molar-refractivity contribution in [3.63, 3.8) is 0 Å². The van der Waals surface area contributed by atoms with Gasteiger partial charge >= 0.3 is 5.97 Å². The molecule has 3 aromatic rings. The fourth-order valence-corrected chi connectivity index (χ4v) is 4.67. The minimum absolute atomic E-state index is 0.0385. The molecule has 0 amide bonds. The number of hydrogen-bond donors (Lipinski definition) is 1. The van der Waals surface area contributed by atoms with Gasteiger partial charge in [-0.25, -0.2) is 4.79 Å². The zero-order valence-corrected chi connectivity index (χ0v) is 15.4. The molecule has 1 aliphatic heterocycles. The maximum Gasteiger partial charge on any atom is 0.338 e. The Labute approximate surface area is 158 Å². The quantitative estimate of drug-likeness (QED) is 0.657. The number of rotatable bonds is 2. The van der Waals surface area contributed by atoms with Gasteiger partial charge in [-0.3, -0.25) is 0 Å². The molecular weight excluding hydrogens is 338 g/mol. The minimum atomic E-state index is -0.725. The Balaban J connectivity index is 1.56. The third kappa shape index (κ3) is 2.51. The highest BCUT2D eigenvalue weighted by atomic mass is 16.5. The van der Waals surface area contributed by atoms with Crippen LogP contribution in [0.15, 0.2) is 42.5 Å². The predicted molar refractivity (Wildman–Crippen MR) is 105 cm³/mol. The first-order chi connectivity index (χ1) is 13.1. The van der Waals surface area contributed by atoms with Crippen molar-refractivity contribution in [2.45, 2.75) is 51.4 Å². The Morgan fingerprint density at radius 2 is 1.89 bits per heavy atom. The summed E-state index contributed by atoms with van der Waals surface area (Å²) in [4.78, 5) is 12.7. The first-order valence-electron chi connectivity index (χ1n) is 9.78. The Morgan fingerprint density at radius 3 is 2.70 bits per heavy atom. The number of carbonyl (C=O) groups excluding carboxylic acids is 1. The number of hydrogen-bond acceptors (Lipinski definition) is 3. The van der Waals surface area contributed by atoms with Gasteiger partial charge in [-0.1, -0.05) is 36.8 Å². The van der Waals surface area contributed by atoms with Crippen molar-refractivity contribution in [1.82, 2.24) is 4.57 Å². The van der Waals surface area contributed by atoms with Gasteiger partial charge in [0.15, 0.2) is 6.23 Å². The lowest BCUT2D eigenvalue weighted by molar-refractivity contribution is 0.0211. The second kappa shape index (κ2) is 6.24. The molecule has 2 aliphatic rings. The molecule has 1 saturated carbocycles. The molecule has 2 heterocycles. The highest BCUT2D eigenvalue weighted by molar-refractivity contribution is 5.99. The molecule has 0 spiro atoms. The maximum absolute atomic E-state index is 12.7. The first kappa shape index (κ1) is 16.6. The summed E-state index contributed by atoms with van der Waals surface area (Å²) in [5, 5.41) is 11.9. The van der Waals surface area contributed by atoms with Crippen molar-refractivity contribution >= 4 is 16.9 Å². The number of carbonyl (C=O) groups is 1. The Hall–Kier alpha value is -2.59. The van der Waals surface area contributed by atoms with Crippen LogP contribution >= 0.6 is 0 Å². The van der Waals surface area contributed by atoms with Gasteiger partial charge in [-0.2, -0.15) is 0 Å². The molecule has 27 heavy (non-hydrogen) atoms. The van der Waals surface area contributed by atoms with Crippen LogP contribution in [-0.2, 0) is 4.74 Å². The highest BCUT2D eigenvalue weighted by Gasteiger charge is 2.31. The van der Waals surface area contributed by atoms with Gasteiger partial charge in [0, 0.05) is 16.5 Å². The Bertz CT molecular complexity index is 1040. The maximum atomic E-state index is 12.7. The normalized spacial score (nSPS) is 19.1. The highest BCUT2D eigenvalue weighted by Crippen LogP contribution is 2.45. The van der Waals surface area contributed by atoms with Gasteiger partial charge < -0.3 is 14.4 Å². The molecule has 4 heteroatoms. The van der Waals surface area contributed by atoms with Crippen LogP contribution in [0.2, 0.25) is 0 Å². The van der Waals surface area contributed by atoms with Gasteiger partial charge in [0.1, 0.15) is 6.10 Å². The number of aliphatic hydroxyl groups is 1. The number of benzene rings is 2. The SMILES string of the molecule is Cc1c2n(c3cc(C(=O)OC4CCCCC4)ccc13)C(O)c1ccccc1-2. The van der Waals surface area contributed by atoms with E-state index in [-0.39, 0.29) is 12.1 Å². The summed E-state index contributed by atoms with van der Waals surface area (Å²) in [5.41, 5.74) is 5.56. The van der Waals surface area contributed by atoms with Crippen LogP contribution in [0.3, 0.4) is 0 Å². The van der Waals surface area contributed by atoms with Crippen molar-refractivity contribution in [3.8, 4) is 11.3 Å². The average Bonchev–Trinajstić information content (AvgIpc) is 3.16. The van der Waals surface area contributed by atoms with Gasteiger partial charge in [-0.05, 0) is 50.3 Å². The second-order valence-corrected chi connectivity index (χ2v) is 7.70. The molecule has 0 saturated heterocycles. The van der Waals surface area contributed by atoms with Gasteiger partial charge in [-0.15, -0.1) is 0 Å². The molecule has 1 fully saturated rings. The molecule has 1 unspecified atom stereocenters. The third-order valence-electron chi connectivity index (χ3n) is 6.06. The van der Waals surface area contributed by atoms with Crippen molar-refractivity contribution in [2.24, 2.45) is 0 Å². The van der Waals surface area contributed by atoms with Crippen molar-refractivity contribution in [2.75, 3.05) is 0 Å². The summed E-state index contributed by atoms with van der Waals surface area (Å²) < 4.78 is 7.67. The lowest BCUT2D eigenvalue weighted by Gasteiger charge is -2.21. The van der Waals surface area contributed by atoms with E-state index < -0.39 is 6.23 Å². The van der Waals surface area contributed by atoms with E-state index in [1.54, 1.807) is 0 Å². The van der Waals surface area contributed by atoms with E-state index >= 15 is 0 Å². The molecule has 0 radical (unpaired) electrons. The molecule has 1 aromatic heterocycles. The lowest BCUT2D eigenvalue weighted by atomic mass is 9.98. The molecule has 1 atom stereocenters. The van der Waals surface area contributed by atoms with Gasteiger partial charge in [0.05, 0.1) is 16.8 Å². The topological polar surface area (TPSA) is 51.5 Å². The lowest BCUT2D eigenvalue weighted by Crippen LogP contribution is -2.20. The zero-order valence-electron chi connectivity index (χ0n) is 15.4. The fourth-order valence-electron chi connectivity index (χ4n) is 4.67. The molecule has 5 rings (SSSR count). The Morgan fingerprint density at radius 1 is 1.11 bits per heavy atom. The molecule has 138 valence electrons. The van der Waals surface area contributed by atoms with Crippen molar-refractivity contribution < 1.29 is 14.6 Å². The van der Waals surface area contributed by atoms with E-state index in [0.717, 1.165) is 59.0 Å². The predicted octanol–water partition coefficient (Wildman–Crippen LogP) is 4.96. The number of aryl methyl sites for hydroxylation is 1. The monoisotopic (exact) mass is 361 g/mol. The second-order valence-electron chi connectivity index (χ2n) is 7.70. The average molecular weight is 361 g/mol. The van der Waals surface area contributed by atoms with E-state index in [1.807, 2.05) is 47.0 Å². The van der Waals surface area contributed by atoms with Crippen LogP contribution in [0.1, 0.15) is 59.8 Å². The van der Waals surface area contributed by atoms with Crippen LogP contribution < -0.4 is 0 Å². The molecule has 2 aromatic carbocycles. The van der Waals surface area contributed by atoms with Crippen LogP contribution in [0.25, 0.3) is 22.2 Å². The smallest absolute Gasteiger partial charge is 0.338 e. The molecule has 4 nitrogen and oxygen atoms in total. The minimum Gasteiger partial charge on any atom is -0.459 e. The van der Waals surface area contributed by atoms with E-state index in [9.17, 15) is 9.90 Å². The standard InChI is InChI=1S/C23H23NO3/c1-14-17-12-11-15(23(26)27-16-7-3-2-4-8-16)13-20(17)24-21(14)18-9-5-6-10-19(18)22(24)25/h5-6,9-13,16,22,25H,2-4,7-8H2,1H3. The number of aliphatic hydroxyl groups excluding tert-OH is 1. The number of esters is 1. The molecule has 1 aliphatic carbocycles. The summed E-state index contributed by atoms with van der Waals surface area (Å²) in [6, 6.07) is 13.6. The summed E-state index contributed by atoms with van der Waals surface area (Å²) in [5.74, 6) is -0.262. The third-order valence-corrected chi connectivity index (χ3v) is 6.06. The number of ether oxygens (including phenoxy) is 1. The molecule has 1 N–H and O–H groups in total.